The van der Waals surface area contributed by atoms with Crippen LogP contribution in [0.1, 0.15) is 90.5 Å². The molecule has 0 saturated heterocycles. The third-order valence-corrected chi connectivity index (χ3v) is 7.42. The maximum Gasteiger partial charge on any atom is 0.223 e. The Morgan fingerprint density at radius 2 is 1.90 bits per heavy atom. The zero-order valence-corrected chi connectivity index (χ0v) is 19.7. The molecule has 1 aliphatic carbocycles. The maximum atomic E-state index is 13.8. The van der Waals surface area contributed by atoms with E-state index in [0.29, 0.717) is 17.8 Å². The average molecular weight is 427 g/mol. The molecule has 2 aromatic rings. The van der Waals surface area contributed by atoms with Gasteiger partial charge in [0.05, 0.1) is 5.52 Å². The largest absolute Gasteiger partial charge is 0.353 e. The molecule has 1 N–H and O–H groups in total. The Balaban J connectivity index is 1.56. The number of carbonyl (C=O) groups is 1. The minimum Gasteiger partial charge on any atom is -0.353 e. The summed E-state index contributed by atoms with van der Waals surface area (Å²) in [6, 6.07) is 7.13. The van der Waals surface area contributed by atoms with Crippen LogP contribution in [0.2, 0.25) is 0 Å². The van der Waals surface area contributed by atoms with Gasteiger partial charge in [-0.15, -0.1) is 0 Å². The van der Waals surface area contributed by atoms with Gasteiger partial charge in [-0.1, -0.05) is 40.0 Å². The second kappa shape index (κ2) is 11.1. The molecule has 3 nitrogen and oxygen atoms in total. The van der Waals surface area contributed by atoms with Crippen LogP contribution < -0.4 is 5.32 Å². The molecule has 3 atom stereocenters. The van der Waals surface area contributed by atoms with Gasteiger partial charge in [0.1, 0.15) is 5.82 Å². The van der Waals surface area contributed by atoms with Gasteiger partial charge < -0.3 is 5.32 Å². The lowest BCUT2D eigenvalue weighted by Gasteiger charge is -2.33. The van der Waals surface area contributed by atoms with E-state index in [1.165, 1.54) is 30.9 Å². The second-order valence-corrected chi connectivity index (χ2v) is 9.67. The summed E-state index contributed by atoms with van der Waals surface area (Å²) in [6.07, 6.45) is 10.7. The molecule has 0 spiro atoms. The number of nitrogens with one attached hydrogen (secondary N) is 1. The molecule has 1 fully saturated rings. The number of nitrogens with zero attached hydrogens (tertiary/aromatic N) is 1. The molecule has 1 aromatic heterocycles. The molecule has 1 aliphatic rings. The first-order valence-electron chi connectivity index (χ1n) is 12.3. The summed E-state index contributed by atoms with van der Waals surface area (Å²) in [7, 11) is 0. The lowest BCUT2D eigenvalue weighted by atomic mass is 9.73. The van der Waals surface area contributed by atoms with Crippen LogP contribution in [0, 0.1) is 23.6 Å². The van der Waals surface area contributed by atoms with Crippen molar-refractivity contribution in [2.75, 3.05) is 0 Å². The minimum absolute atomic E-state index is 0.0429. The van der Waals surface area contributed by atoms with Crippen LogP contribution in [0.15, 0.2) is 30.5 Å². The smallest absolute Gasteiger partial charge is 0.223 e. The Hall–Kier alpha value is -1.97. The molecule has 1 saturated carbocycles. The van der Waals surface area contributed by atoms with Crippen molar-refractivity contribution in [3.63, 3.8) is 0 Å². The van der Waals surface area contributed by atoms with Crippen LogP contribution in [0.5, 0.6) is 0 Å². The van der Waals surface area contributed by atoms with Crippen LogP contribution in [0.3, 0.4) is 0 Å². The molecule has 3 rings (SSSR count). The first kappa shape index (κ1) is 23.7. The van der Waals surface area contributed by atoms with Crippen LogP contribution >= 0.6 is 0 Å². The van der Waals surface area contributed by atoms with Crippen LogP contribution in [0.4, 0.5) is 4.39 Å². The van der Waals surface area contributed by atoms with E-state index in [2.05, 4.69) is 38.0 Å². The van der Waals surface area contributed by atoms with Crippen molar-refractivity contribution in [2.24, 2.45) is 17.8 Å². The van der Waals surface area contributed by atoms with Crippen molar-refractivity contribution >= 4 is 16.8 Å². The Labute approximate surface area is 187 Å². The molecular formula is C27H39FN2O. The van der Waals surface area contributed by atoms with Crippen molar-refractivity contribution in [3.05, 3.63) is 41.8 Å². The SMILES string of the molecule is CCCC(CC)CC(C)NC(=O)C(C)C1CCC(c2ccnc3ccc(F)cc23)CC1. The van der Waals surface area contributed by atoms with Gasteiger partial charge >= 0.3 is 0 Å². The van der Waals surface area contributed by atoms with Gasteiger partial charge in [0, 0.05) is 23.5 Å². The Bertz CT molecular complexity index is 859. The van der Waals surface area contributed by atoms with Crippen molar-refractivity contribution in [3.8, 4) is 0 Å². The van der Waals surface area contributed by atoms with Crippen LogP contribution in [0.25, 0.3) is 10.9 Å². The standard InChI is InChI=1S/C27H39FN2O/c1-5-7-20(6-2)16-18(3)30-27(31)19(4)21-8-10-22(11-9-21)24-14-15-29-26-13-12-23(28)17-25(24)26/h12-15,17-22H,5-11,16H2,1-4H3,(H,30,31). The van der Waals surface area contributed by atoms with Gasteiger partial charge in [-0.3, -0.25) is 9.78 Å². The first-order valence-corrected chi connectivity index (χ1v) is 12.3. The number of amides is 1. The monoisotopic (exact) mass is 426 g/mol. The number of aromatic nitrogens is 1. The van der Waals surface area contributed by atoms with E-state index >= 15 is 0 Å². The molecule has 3 unspecified atom stereocenters. The number of pyridine rings is 1. The molecule has 0 aliphatic heterocycles. The molecule has 0 bridgehead atoms. The van der Waals surface area contributed by atoms with Crippen molar-refractivity contribution in [1.29, 1.82) is 0 Å². The summed E-state index contributed by atoms with van der Waals surface area (Å²) in [5.41, 5.74) is 2.06. The summed E-state index contributed by atoms with van der Waals surface area (Å²) >= 11 is 0. The number of hydrogen-bond donors (Lipinski definition) is 1. The minimum atomic E-state index is -0.209. The Kier molecular flexibility index (Phi) is 8.45. The Morgan fingerprint density at radius 3 is 2.58 bits per heavy atom. The summed E-state index contributed by atoms with van der Waals surface area (Å²) in [4.78, 5) is 17.3. The maximum absolute atomic E-state index is 13.8. The zero-order valence-electron chi connectivity index (χ0n) is 19.7. The lowest BCUT2D eigenvalue weighted by Crippen LogP contribution is -2.40. The second-order valence-electron chi connectivity index (χ2n) is 9.67. The fourth-order valence-electron chi connectivity index (χ4n) is 5.47. The summed E-state index contributed by atoms with van der Waals surface area (Å²) in [6.45, 7) is 8.72. The topological polar surface area (TPSA) is 42.0 Å². The van der Waals surface area contributed by atoms with Gasteiger partial charge in [-0.05, 0) is 86.6 Å². The van der Waals surface area contributed by atoms with Crippen molar-refractivity contribution < 1.29 is 9.18 Å². The van der Waals surface area contributed by atoms with Gasteiger partial charge in [-0.25, -0.2) is 4.39 Å². The van der Waals surface area contributed by atoms with Gasteiger partial charge in [0.25, 0.3) is 0 Å². The normalized spacial score (nSPS) is 22.1. The number of hydrogen-bond acceptors (Lipinski definition) is 2. The third-order valence-electron chi connectivity index (χ3n) is 7.42. The average Bonchev–Trinajstić information content (AvgIpc) is 2.77. The Morgan fingerprint density at radius 1 is 1.16 bits per heavy atom. The predicted molar refractivity (Wildman–Crippen MR) is 126 cm³/mol. The predicted octanol–water partition coefficient (Wildman–Crippen LogP) is 7.00. The number of rotatable bonds is 9. The van der Waals surface area contributed by atoms with Crippen LogP contribution in [-0.2, 0) is 4.79 Å². The molecular weight excluding hydrogens is 387 g/mol. The summed E-state index contributed by atoms with van der Waals surface area (Å²) in [5, 5.41) is 4.22. The summed E-state index contributed by atoms with van der Waals surface area (Å²) < 4.78 is 13.8. The van der Waals surface area contributed by atoms with E-state index in [-0.39, 0.29) is 23.7 Å². The van der Waals surface area contributed by atoms with Crippen molar-refractivity contribution in [1.82, 2.24) is 10.3 Å². The molecule has 1 aromatic carbocycles. The van der Waals surface area contributed by atoms with E-state index in [0.717, 1.165) is 43.0 Å². The highest BCUT2D eigenvalue weighted by atomic mass is 19.1. The van der Waals surface area contributed by atoms with Gasteiger partial charge in [0.15, 0.2) is 0 Å². The molecule has 170 valence electrons. The number of benzene rings is 1. The van der Waals surface area contributed by atoms with Crippen LogP contribution in [-0.4, -0.2) is 16.9 Å². The highest BCUT2D eigenvalue weighted by Crippen LogP contribution is 2.40. The molecule has 4 heteroatoms. The molecule has 0 radical (unpaired) electrons. The number of halogens is 1. The highest BCUT2D eigenvalue weighted by molar-refractivity contribution is 5.82. The van der Waals surface area contributed by atoms with E-state index in [4.69, 9.17) is 0 Å². The van der Waals surface area contributed by atoms with Crippen molar-refractivity contribution in [2.45, 2.75) is 91.0 Å². The number of carbonyl (C=O) groups excluding carboxylic acids is 1. The quantitative estimate of drug-likeness (QED) is 0.469. The van der Waals surface area contributed by atoms with E-state index in [1.807, 2.05) is 12.3 Å². The van der Waals surface area contributed by atoms with Gasteiger partial charge in [0.2, 0.25) is 5.91 Å². The fourth-order valence-corrected chi connectivity index (χ4v) is 5.47. The summed E-state index contributed by atoms with van der Waals surface area (Å²) in [5.74, 6) is 1.58. The molecule has 1 amide bonds. The zero-order chi connectivity index (χ0) is 22.4. The lowest BCUT2D eigenvalue weighted by molar-refractivity contribution is -0.127. The molecule has 1 heterocycles. The van der Waals surface area contributed by atoms with E-state index in [1.54, 1.807) is 12.1 Å². The van der Waals surface area contributed by atoms with Gasteiger partial charge in [-0.2, -0.15) is 0 Å². The van der Waals surface area contributed by atoms with E-state index < -0.39 is 0 Å². The highest BCUT2D eigenvalue weighted by Gasteiger charge is 2.31. The van der Waals surface area contributed by atoms with E-state index in [9.17, 15) is 9.18 Å². The fraction of sp³-hybridized carbons (Fsp3) is 0.630. The third kappa shape index (κ3) is 6.05. The number of fused-ring (bicyclic) bond motifs is 1. The molecule has 31 heavy (non-hydrogen) atoms. The first-order chi connectivity index (χ1) is 14.9.